The van der Waals surface area contributed by atoms with E-state index in [2.05, 4.69) is 15.2 Å². The van der Waals surface area contributed by atoms with Gasteiger partial charge in [-0.15, -0.1) is 5.10 Å². The maximum Gasteiger partial charge on any atom is 0.276 e. The second-order valence-corrected chi connectivity index (χ2v) is 7.62. The lowest BCUT2D eigenvalue weighted by molar-refractivity contribution is 0.0740. The molecule has 1 amide bonds. The molecule has 1 aliphatic heterocycles. The number of piperazine rings is 1. The monoisotopic (exact) mass is 443 g/mol. The van der Waals surface area contributed by atoms with Gasteiger partial charge in [0.1, 0.15) is 11.6 Å². The van der Waals surface area contributed by atoms with E-state index in [1.54, 1.807) is 17.2 Å². The van der Waals surface area contributed by atoms with Gasteiger partial charge in [0, 0.05) is 31.2 Å². The van der Waals surface area contributed by atoms with Crippen LogP contribution in [0.25, 0.3) is 0 Å². The number of ether oxygens (including phenoxy) is 1. The average Bonchev–Trinajstić information content (AvgIpc) is 3.25. The van der Waals surface area contributed by atoms with Gasteiger partial charge >= 0.3 is 0 Å². The van der Waals surface area contributed by atoms with Crippen LogP contribution in [0.4, 0.5) is 10.1 Å². The van der Waals surface area contributed by atoms with Crippen molar-refractivity contribution in [1.82, 2.24) is 19.9 Å². The molecule has 2 aromatic carbocycles. The molecule has 2 heterocycles. The molecule has 0 aliphatic carbocycles. The second-order valence-electron chi connectivity index (χ2n) is 7.22. The van der Waals surface area contributed by atoms with Crippen molar-refractivity contribution in [2.45, 2.75) is 13.5 Å². The molecule has 162 valence electrons. The molecule has 0 radical (unpaired) electrons. The molecule has 7 nitrogen and oxygen atoms in total. The maximum absolute atomic E-state index is 13.2. The Balaban J connectivity index is 1.38. The van der Waals surface area contributed by atoms with Crippen LogP contribution in [-0.2, 0) is 6.54 Å². The van der Waals surface area contributed by atoms with Gasteiger partial charge in [0.05, 0.1) is 25.0 Å². The first-order chi connectivity index (χ1) is 15.0. The average molecular weight is 444 g/mol. The van der Waals surface area contributed by atoms with Crippen molar-refractivity contribution in [3.63, 3.8) is 0 Å². The quantitative estimate of drug-likeness (QED) is 0.583. The molecule has 3 aromatic rings. The molecule has 0 saturated carbocycles. The van der Waals surface area contributed by atoms with Crippen molar-refractivity contribution in [3.05, 3.63) is 70.8 Å². The minimum atomic E-state index is -0.397. The van der Waals surface area contributed by atoms with Crippen molar-refractivity contribution in [2.75, 3.05) is 37.7 Å². The van der Waals surface area contributed by atoms with Crippen LogP contribution in [0.1, 0.15) is 23.0 Å². The van der Waals surface area contributed by atoms with Crippen LogP contribution in [0, 0.1) is 5.82 Å². The van der Waals surface area contributed by atoms with E-state index in [4.69, 9.17) is 16.3 Å². The number of anilines is 1. The Morgan fingerprint density at radius 3 is 2.68 bits per heavy atom. The van der Waals surface area contributed by atoms with Crippen LogP contribution in [0.2, 0.25) is 5.02 Å². The standard InChI is InChI=1S/C22H23ClFN5O2/c1-2-31-21-6-4-3-5-20(21)27-9-11-28(12-10-27)22(30)19-15-29(26-25-19)14-16-7-8-17(24)13-18(16)23/h3-8,13,15H,2,9-12,14H2,1H3. The summed E-state index contributed by atoms with van der Waals surface area (Å²) in [6, 6.07) is 12.1. The number of benzene rings is 2. The fourth-order valence-corrected chi connectivity index (χ4v) is 3.83. The lowest BCUT2D eigenvalue weighted by atomic mass is 10.2. The van der Waals surface area contributed by atoms with Crippen LogP contribution in [-0.4, -0.2) is 58.6 Å². The van der Waals surface area contributed by atoms with Crippen LogP contribution < -0.4 is 9.64 Å². The minimum absolute atomic E-state index is 0.158. The Bertz CT molecular complexity index is 1070. The largest absolute Gasteiger partial charge is 0.492 e. The Kier molecular flexibility index (Phi) is 6.36. The highest BCUT2D eigenvalue weighted by molar-refractivity contribution is 6.31. The number of aromatic nitrogens is 3. The van der Waals surface area contributed by atoms with Crippen molar-refractivity contribution >= 4 is 23.2 Å². The number of nitrogens with zero attached hydrogens (tertiary/aromatic N) is 5. The van der Waals surface area contributed by atoms with Gasteiger partial charge in [-0.05, 0) is 36.8 Å². The Morgan fingerprint density at radius 1 is 1.16 bits per heavy atom. The molecule has 0 atom stereocenters. The minimum Gasteiger partial charge on any atom is -0.492 e. The zero-order chi connectivity index (χ0) is 21.8. The first-order valence-electron chi connectivity index (χ1n) is 10.1. The number of rotatable bonds is 6. The molecule has 0 spiro atoms. The van der Waals surface area contributed by atoms with Crippen LogP contribution in [0.5, 0.6) is 5.75 Å². The summed E-state index contributed by atoms with van der Waals surface area (Å²) in [5.74, 6) is 0.299. The molecular weight excluding hydrogens is 421 g/mol. The molecular formula is C22H23ClFN5O2. The summed E-state index contributed by atoms with van der Waals surface area (Å²) >= 11 is 6.08. The summed E-state index contributed by atoms with van der Waals surface area (Å²) in [6.07, 6.45) is 1.60. The fraction of sp³-hybridized carbons (Fsp3) is 0.318. The van der Waals surface area contributed by atoms with Gasteiger partial charge in [-0.2, -0.15) is 0 Å². The zero-order valence-electron chi connectivity index (χ0n) is 17.2. The van der Waals surface area contributed by atoms with E-state index < -0.39 is 5.82 Å². The van der Waals surface area contributed by atoms with Crippen LogP contribution >= 0.6 is 11.6 Å². The molecule has 0 unspecified atom stereocenters. The van der Waals surface area contributed by atoms with E-state index in [1.807, 2.05) is 31.2 Å². The van der Waals surface area contributed by atoms with Gasteiger partial charge in [-0.3, -0.25) is 4.79 Å². The predicted octanol–water partition coefficient (Wildman–Crippen LogP) is 3.48. The third-order valence-corrected chi connectivity index (χ3v) is 5.53. The van der Waals surface area contributed by atoms with E-state index in [0.29, 0.717) is 49.9 Å². The van der Waals surface area contributed by atoms with Gasteiger partial charge in [0.15, 0.2) is 5.69 Å². The van der Waals surface area contributed by atoms with Crippen molar-refractivity contribution < 1.29 is 13.9 Å². The van der Waals surface area contributed by atoms with Gasteiger partial charge in [-0.25, -0.2) is 9.07 Å². The van der Waals surface area contributed by atoms with Crippen LogP contribution in [0.3, 0.4) is 0 Å². The SMILES string of the molecule is CCOc1ccccc1N1CCN(C(=O)c2cn(Cc3ccc(F)cc3Cl)nn2)CC1. The van der Waals surface area contributed by atoms with E-state index in [0.717, 1.165) is 11.4 Å². The topological polar surface area (TPSA) is 63.5 Å². The van der Waals surface area contributed by atoms with E-state index in [-0.39, 0.29) is 11.6 Å². The van der Waals surface area contributed by atoms with Crippen LogP contribution in [0.15, 0.2) is 48.7 Å². The van der Waals surface area contributed by atoms with Gasteiger partial charge in [0.25, 0.3) is 5.91 Å². The van der Waals surface area contributed by atoms with E-state index in [1.165, 1.54) is 16.8 Å². The summed E-state index contributed by atoms with van der Waals surface area (Å²) in [5, 5.41) is 8.36. The molecule has 9 heteroatoms. The molecule has 0 bridgehead atoms. The van der Waals surface area contributed by atoms with E-state index in [9.17, 15) is 9.18 Å². The molecule has 4 rings (SSSR count). The summed E-state index contributed by atoms with van der Waals surface area (Å²) < 4.78 is 20.5. The van der Waals surface area contributed by atoms with Gasteiger partial charge in [0.2, 0.25) is 0 Å². The maximum atomic E-state index is 13.2. The number of hydrogen-bond donors (Lipinski definition) is 0. The summed E-state index contributed by atoms with van der Waals surface area (Å²) in [7, 11) is 0. The molecule has 0 N–H and O–H groups in total. The molecule has 31 heavy (non-hydrogen) atoms. The lowest BCUT2D eigenvalue weighted by Gasteiger charge is -2.36. The first kappa shape index (κ1) is 21.1. The zero-order valence-corrected chi connectivity index (χ0v) is 17.9. The molecule has 1 aliphatic rings. The normalized spacial score (nSPS) is 14.0. The first-order valence-corrected chi connectivity index (χ1v) is 10.5. The summed E-state index contributed by atoms with van der Waals surface area (Å²) in [4.78, 5) is 16.9. The molecule has 1 saturated heterocycles. The summed E-state index contributed by atoms with van der Waals surface area (Å²) in [6.45, 7) is 5.44. The Morgan fingerprint density at radius 2 is 1.94 bits per heavy atom. The number of para-hydroxylation sites is 2. The number of halogens is 2. The van der Waals surface area contributed by atoms with Crippen molar-refractivity contribution in [3.8, 4) is 5.75 Å². The second kappa shape index (κ2) is 9.34. The predicted molar refractivity (Wildman–Crippen MR) is 116 cm³/mol. The highest BCUT2D eigenvalue weighted by atomic mass is 35.5. The lowest BCUT2D eigenvalue weighted by Crippen LogP contribution is -2.49. The van der Waals surface area contributed by atoms with E-state index >= 15 is 0 Å². The van der Waals surface area contributed by atoms with Gasteiger partial charge in [-0.1, -0.05) is 35.0 Å². The highest BCUT2D eigenvalue weighted by Gasteiger charge is 2.25. The molecule has 1 aromatic heterocycles. The number of amides is 1. The Labute approximate surface area is 185 Å². The highest BCUT2D eigenvalue weighted by Crippen LogP contribution is 2.29. The number of hydrogen-bond acceptors (Lipinski definition) is 5. The number of carbonyl (C=O) groups excluding carboxylic acids is 1. The summed E-state index contributed by atoms with van der Waals surface area (Å²) in [5.41, 5.74) is 2.02. The fourth-order valence-electron chi connectivity index (χ4n) is 3.61. The smallest absolute Gasteiger partial charge is 0.276 e. The van der Waals surface area contributed by atoms with Gasteiger partial charge < -0.3 is 14.5 Å². The molecule has 1 fully saturated rings. The number of carbonyl (C=O) groups is 1. The third kappa shape index (κ3) is 4.80. The van der Waals surface area contributed by atoms with Crippen molar-refractivity contribution in [2.24, 2.45) is 0 Å². The third-order valence-electron chi connectivity index (χ3n) is 5.18. The van der Waals surface area contributed by atoms with Crippen molar-refractivity contribution in [1.29, 1.82) is 0 Å². The Hall–Kier alpha value is -3.13.